The van der Waals surface area contributed by atoms with Crippen LogP contribution in [0.3, 0.4) is 0 Å². The van der Waals surface area contributed by atoms with Crippen LogP contribution in [0.5, 0.6) is 5.75 Å². The molecule has 1 fully saturated rings. The van der Waals surface area contributed by atoms with Crippen molar-refractivity contribution >= 4 is 52.3 Å². The van der Waals surface area contributed by atoms with Crippen LogP contribution in [0.1, 0.15) is 5.56 Å². The lowest BCUT2D eigenvalue weighted by Crippen LogP contribution is -2.19. The van der Waals surface area contributed by atoms with Gasteiger partial charge in [-0.25, -0.2) is 0 Å². The Bertz CT molecular complexity index is 560. The first kappa shape index (κ1) is 13.2. The predicted octanol–water partition coefficient (Wildman–Crippen LogP) is 2.25. The number of carbonyl (C=O) groups is 1. The number of aromatic hydroxyl groups is 1. The molecule has 0 aliphatic carbocycles. The van der Waals surface area contributed by atoms with Gasteiger partial charge in [0.1, 0.15) is 5.75 Å². The Morgan fingerprint density at radius 3 is 2.83 bits per heavy atom. The smallest absolute Gasteiger partial charge is 0.236 e. The number of benzene rings is 1. The highest BCUT2D eigenvalue weighted by Crippen LogP contribution is 2.29. The Kier molecular flexibility index (Phi) is 4.11. The fourth-order valence-electron chi connectivity index (χ4n) is 1.18. The zero-order chi connectivity index (χ0) is 13.1. The van der Waals surface area contributed by atoms with Gasteiger partial charge in [-0.1, -0.05) is 35.0 Å². The van der Waals surface area contributed by atoms with Crippen molar-refractivity contribution in [2.24, 2.45) is 10.2 Å². The quantitative estimate of drug-likeness (QED) is 0.650. The van der Waals surface area contributed by atoms with E-state index in [9.17, 15) is 9.90 Å². The first-order valence-corrected chi connectivity index (χ1v) is 6.52. The van der Waals surface area contributed by atoms with Crippen LogP contribution in [-0.4, -0.2) is 28.1 Å². The molecular formula is C10H7Cl2N3O2S. The lowest BCUT2D eigenvalue weighted by atomic mass is 10.2. The number of amides is 1. The molecule has 1 aromatic carbocycles. The minimum Gasteiger partial charge on any atom is -0.506 e. The second-order valence-corrected chi connectivity index (χ2v) is 5.09. The Balaban J connectivity index is 2.14. The first-order chi connectivity index (χ1) is 8.56. The number of hydrogen-bond donors (Lipinski definition) is 2. The summed E-state index contributed by atoms with van der Waals surface area (Å²) in [6.07, 6.45) is 1.37. The Labute approximate surface area is 117 Å². The molecule has 18 heavy (non-hydrogen) atoms. The lowest BCUT2D eigenvalue weighted by Gasteiger charge is -2.00. The summed E-state index contributed by atoms with van der Waals surface area (Å²) in [5.41, 5.74) is 0.484. The Morgan fingerprint density at radius 1 is 1.39 bits per heavy atom. The summed E-state index contributed by atoms with van der Waals surface area (Å²) < 4.78 is 0. The van der Waals surface area contributed by atoms with E-state index in [-0.39, 0.29) is 16.7 Å². The van der Waals surface area contributed by atoms with E-state index in [1.165, 1.54) is 30.1 Å². The van der Waals surface area contributed by atoms with Crippen LogP contribution in [-0.2, 0) is 4.79 Å². The largest absolute Gasteiger partial charge is 0.506 e. The molecule has 0 unspecified atom stereocenters. The molecule has 1 saturated heterocycles. The molecule has 5 nitrogen and oxygen atoms in total. The highest BCUT2D eigenvalue weighted by molar-refractivity contribution is 8.15. The first-order valence-electron chi connectivity index (χ1n) is 4.78. The fourth-order valence-corrected chi connectivity index (χ4v) is 2.24. The summed E-state index contributed by atoms with van der Waals surface area (Å²) in [5.74, 6) is 0.159. The Morgan fingerprint density at radius 2 is 2.17 bits per heavy atom. The summed E-state index contributed by atoms with van der Waals surface area (Å²) >= 11 is 12.9. The molecule has 0 spiro atoms. The van der Waals surface area contributed by atoms with Gasteiger partial charge in [0.05, 0.1) is 22.0 Å². The van der Waals surface area contributed by atoms with Crippen molar-refractivity contribution < 1.29 is 9.90 Å². The van der Waals surface area contributed by atoms with Crippen LogP contribution in [0.4, 0.5) is 0 Å². The topological polar surface area (TPSA) is 74.0 Å². The average Bonchev–Trinajstić information content (AvgIpc) is 2.71. The van der Waals surface area contributed by atoms with Crippen molar-refractivity contribution in [3.05, 3.63) is 27.7 Å². The van der Waals surface area contributed by atoms with E-state index in [0.29, 0.717) is 21.5 Å². The summed E-state index contributed by atoms with van der Waals surface area (Å²) in [6.45, 7) is 0. The average molecular weight is 304 g/mol. The summed E-state index contributed by atoms with van der Waals surface area (Å²) in [4.78, 5) is 10.9. The highest BCUT2D eigenvalue weighted by Gasteiger charge is 2.15. The van der Waals surface area contributed by atoms with Crippen molar-refractivity contribution in [3.8, 4) is 5.75 Å². The van der Waals surface area contributed by atoms with Gasteiger partial charge in [0, 0.05) is 5.56 Å². The molecule has 0 saturated carbocycles. The van der Waals surface area contributed by atoms with Crippen molar-refractivity contribution in [2.45, 2.75) is 0 Å². The van der Waals surface area contributed by atoms with E-state index in [1.54, 1.807) is 0 Å². The number of rotatable bonds is 2. The van der Waals surface area contributed by atoms with Gasteiger partial charge in [-0.2, -0.15) is 5.10 Å². The molecule has 2 rings (SSSR count). The molecule has 1 heterocycles. The van der Waals surface area contributed by atoms with E-state index in [1.807, 2.05) is 0 Å². The van der Waals surface area contributed by atoms with Gasteiger partial charge >= 0.3 is 0 Å². The third kappa shape index (κ3) is 3.16. The molecule has 0 aromatic heterocycles. The fraction of sp³-hybridized carbons (Fsp3) is 0.100. The normalized spacial score (nSPS) is 17.7. The van der Waals surface area contributed by atoms with Gasteiger partial charge in [0.2, 0.25) is 5.91 Å². The van der Waals surface area contributed by atoms with Crippen LogP contribution in [0.15, 0.2) is 22.3 Å². The second-order valence-electron chi connectivity index (χ2n) is 3.31. The van der Waals surface area contributed by atoms with Gasteiger partial charge in [-0.3, -0.25) is 4.79 Å². The number of carbonyl (C=O) groups excluding carboxylic acids is 1. The number of phenolic OH excluding ortho intramolecular Hbond substituents is 1. The monoisotopic (exact) mass is 303 g/mol. The number of amidine groups is 1. The standard InChI is InChI=1S/C10H7Cl2N3O2S/c11-6-2-7(12)8(16)1-5(6)3-13-15-10-14-9(17)4-18-10/h1-3,16H,4H2,(H,14,15,17). The van der Waals surface area contributed by atoms with E-state index < -0.39 is 0 Å². The third-order valence-corrected chi connectivity index (χ3v) is 3.49. The molecule has 0 bridgehead atoms. The maximum Gasteiger partial charge on any atom is 0.236 e. The van der Waals surface area contributed by atoms with Crippen LogP contribution in [0, 0.1) is 0 Å². The molecule has 8 heteroatoms. The molecule has 1 aromatic rings. The van der Waals surface area contributed by atoms with E-state index in [2.05, 4.69) is 15.5 Å². The maximum atomic E-state index is 10.9. The molecule has 1 aliphatic heterocycles. The van der Waals surface area contributed by atoms with Crippen LogP contribution in [0.25, 0.3) is 0 Å². The van der Waals surface area contributed by atoms with Gasteiger partial charge in [0.15, 0.2) is 5.17 Å². The highest BCUT2D eigenvalue weighted by atomic mass is 35.5. The maximum absolute atomic E-state index is 10.9. The summed E-state index contributed by atoms with van der Waals surface area (Å²) in [5, 5.41) is 20.5. The number of nitrogens with one attached hydrogen (secondary N) is 1. The number of hydrogen-bond acceptors (Lipinski definition) is 5. The molecule has 2 N–H and O–H groups in total. The van der Waals surface area contributed by atoms with Gasteiger partial charge in [-0.05, 0) is 12.1 Å². The second kappa shape index (κ2) is 5.60. The van der Waals surface area contributed by atoms with E-state index in [4.69, 9.17) is 23.2 Å². The van der Waals surface area contributed by atoms with Crippen molar-refractivity contribution in [3.63, 3.8) is 0 Å². The number of thioether (sulfide) groups is 1. The predicted molar refractivity (Wildman–Crippen MR) is 73.8 cm³/mol. The van der Waals surface area contributed by atoms with Crippen molar-refractivity contribution in [2.75, 3.05) is 5.75 Å². The molecule has 0 atom stereocenters. The molecule has 1 amide bonds. The summed E-state index contributed by atoms with van der Waals surface area (Å²) in [6, 6.07) is 2.80. The van der Waals surface area contributed by atoms with Crippen LogP contribution in [0.2, 0.25) is 10.0 Å². The van der Waals surface area contributed by atoms with E-state index >= 15 is 0 Å². The lowest BCUT2D eigenvalue weighted by molar-refractivity contribution is -0.116. The number of phenols is 1. The third-order valence-electron chi connectivity index (χ3n) is 2.00. The van der Waals surface area contributed by atoms with Crippen LogP contribution < -0.4 is 5.32 Å². The minimum absolute atomic E-state index is 0.0845. The zero-order valence-electron chi connectivity index (χ0n) is 8.85. The van der Waals surface area contributed by atoms with Gasteiger partial charge < -0.3 is 10.4 Å². The zero-order valence-corrected chi connectivity index (χ0v) is 11.2. The summed E-state index contributed by atoms with van der Waals surface area (Å²) in [7, 11) is 0. The van der Waals surface area contributed by atoms with Gasteiger partial charge in [0.25, 0.3) is 0 Å². The van der Waals surface area contributed by atoms with Crippen LogP contribution >= 0.6 is 35.0 Å². The SMILES string of the molecule is O=C1CSC(=NN=Cc2cc(O)c(Cl)cc2Cl)N1. The van der Waals surface area contributed by atoms with Crippen molar-refractivity contribution in [1.29, 1.82) is 0 Å². The van der Waals surface area contributed by atoms with E-state index in [0.717, 1.165) is 0 Å². The molecule has 94 valence electrons. The number of nitrogens with zero attached hydrogens (tertiary/aromatic N) is 2. The molecular weight excluding hydrogens is 297 g/mol. The van der Waals surface area contributed by atoms with Gasteiger partial charge in [-0.15, -0.1) is 5.10 Å². The number of halogens is 2. The molecule has 1 aliphatic rings. The minimum atomic E-state index is -0.101. The van der Waals surface area contributed by atoms with Crippen molar-refractivity contribution in [1.82, 2.24) is 5.32 Å². The molecule has 0 radical (unpaired) electrons. The Hall–Kier alpha value is -1.24.